The molecule has 3 aliphatic heterocycles. The summed E-state index contributed by atoms with van der Waals surface area (Å²) in [5.74, 6) is -0.212. The quantitative estimate of drug-likeness (QED) is 0.728. The van der Waals surface area contributed by atoms with Crippen LogP contribution in [0.1, 0.15) is 57.9 Å². The molecule has 0 radical (unpaired) electrons. The number of anilines is 1. The predicted molar refractivity (Wildman–Crippen MR) is 118 cm³/mol. The lowest BCUT2D eigenvalue weighted by atomic mass is 9.74. The molecule has 6 nitrogen and oxygen atoms in total. The van der Waals surface area contributed by atoms with Gasteiger partial charge in [0.25, 0.3) is 0 Å². The van der Waals surface area contributed by atoms with Crippen molar-refractivity contribution in [2.24, 2.45) is 0 Å². The molecule has 2 saturated heterocycles. The van der Waals surface area contributed by atoms with Crippen molar-refractivity contribution >= 4 is 17.7 Å². The SMILES string of the molecule is CCCOC(=O)N1CCCC(N2CCC3(CC2)CN(C(C)=O)c2ccc(F)cc23)CC1. The first kappa shape index (κ1) is 22.1. The van der Waals surface area contributed by atoms with Gasteiger partial charge in [0.15, 0.2) is 0 Å². The van der Waals surface area contributed by atoms with E-state index >= 15 is 0 Å². The van der Waals surface area contributed by atoms with E-state index in [0.717, 1.165) is 76.0 Å². The number of hydrogen-bond donors (Lipinski definition) is 0. The van der Waals surface area contributed by atoms with Crippen molar-refractivity contribution in [3.8, 4) is 0 Å². The average molecular weight is 432 g/mol. The van der Waals surface area contributed by atoms with E-state index in [2.05, 4.69) is 4.90 Å². The maximum absolute atomic E-state index is 14.1. The number of carbonyl (C=O) groups excluding carboxylic acids is 2. The van der Waals surface area contributed by atoms with Crippen LogP contribution in [0.3, 0.4) is 0 Å². The Labute approximate surface area is 184 Å². The van der Waals surface area contributed by atoms with Gasteiger partial charge in [0.2, 0.25) is 5.91 Å². The molecular weight excluding hydrogens is 397 g/mol. The van der Waals surface area contributed by atoms with Crippen LogP contribution in [0, 0.1) is 5.82 Å². The molecule has 0 aliphatic carbocycles. The molecule has 2 amide bonds. The fourth-order valence-corrected chi connectivity index (χ4v) is 5.57. The van der Waals surface area contributed by atoms with E-state index < -0.39 is 0 Å². The molecule has 0 saturated carbocycles. The van der Waals surface area contributed by atoms with Crippen LogP contribution in [0.15, 0.2) is 18.2 Å². The number of likely N-dealkylation sites (tertiary alicyclic amines) is 2. The second-order valence-corrected chi connectivity index (χ2v) is 9.27. The van der Waals surface area contributed by atoms with Gasteiger partial charge in [-0.3, -0.25) is 4.79 Å². The first-order valence-electron chi connectivity index (χ1n) is 11.7. The monoisotopic (exact) mass is 431 g/mol. The highest BCUT2D eigenvalue weighted by Gasteiger charge is 2.46. The van der Waals surface area contributed by atoms with E-state index in [-0.39, 0.29) is 23.2 Å². The molecule has 1 atom stereocenters. The molecule has 1 spiro atoms. The first-order valence-corrected chi connectivity index (χ1v) is 11.7. The number of benzene rings is 1. The highest BCUT2D eigenvalue weighted by atomic mass is 19.1. The van der Waals surface area contributed by atoms with Gasteiger partial charge in [0.1, 0.15) is 5.82 Å². The number of fused-ring (bicyclic) bond motifs is 2. The molecule has 1 unspecified atom stereocenters. The average Bonchev–Trinajstić information content (AvgIpc) is 2.91. The Morgan fingerprint density at radius 2 is 1.94 bits per heavy atom. The summed E-state index contributed by atoms with van der Waals surface area (Å²) in [7, 11) is 0. The molecule has 0 N–H and O–H groups in total. The maximum Gasteiger partial charge on any atom is 0.409 e. The first-order chi connectivity index (χ1) is 14.9. The third-order valence-corrected chi connectivity index (χ3v) is 7.32. The van der Waals surface area contributed by atoms with Crippen molar-refractivity contribution in [2.45, 2.75) is 63.8 Å². The van der Waals surface area contributed by atoms with Crippen LogP contribution in [-0.4, -0.2) is 67.2 Å². The number of amides is 2. The Bertz CT molecular complexity index is 822. The topological polar surface area (TPSA) is 53.1 Å². The standard InChI is InChI=1S/C24H34FN3O3/c1-3-15-31-23(30)27-11-4-5-20(8-12-27)26-13-9-24(10-14-26)17-28(18(2)29)22-7-6-19(25)16-21(22)24/h6-7,16,20H,3-5,8-15,17H2,1-2H3. The van der Waals surface area contributed by atoms with Gasteiger partial charge in [0, 0.05) is 43.7 Å². The lowest BCUT2D eigenvalue weighted by Crippen LogP contribution is -2.49. The van der Waals surface area contributed by atoms with Gasteiger partial charge in [-0.1, -0.05) is 6.92 Å². The zero-order chi connectivity index (χ0) is 22.0. The summed E-state index contributed by atoms with van der Waals surface area (Å²) in [5.41, 5.74) is 1.71. The summed E-state index contributed by atoms with van der Waals surface area (Å²) in [6.45, 7) is 8.09. The highest BCUT2D eigenvalue weighted by molar-refractivity contribution is 5.94. The van der Waals surface area contributed by atoms with Crippen LogP contribution in [0.25, 0.3) is 0 Å². The van der Waals surface area contributed by atoms with E-state index in [0.29, 0.717) is 19.2 Å². The van der Waals surface area contributed by atoms with Crippen LogP contribution in [-0.2, 0) is 14.9 Å². The van der Waals surface area contributed by atoms with Gasteiger partial charge < -0.3 is 19.4 Å². The molecule has 170 valence electrons. The summed E-state index contributed by atoms with van der Waals surface area (Å²) < 4.78 is 19.4. The van der Waals surface area contributed by atoms with Crippen molar-refractivity contribution in [3.63, 3.8) is 0 Å². The van der Waals surface area contributed by atoms with Crippen LogP contribution in [0.4, 0.5) is 14.9 Å². The number of halogens is 1. The Hall–Kier alpha value is -2.15. The lowest BCUT2D eigenvalue weighted by molar-refractivity contribution is -0.116. The van der Waals surface area contributed by atoms with Crippen LogP contribution in [0.5, 0.6) is 0 Å². The van der Waals surface area contributed by atoms with Crippen molar-refractivity contribution in [1.82, 2.24) is 9.80 Å². The lowest BCUT2D eigenvalue weighted by Gasteiger charge is -2.43. The van der Waals surface area contributed by atoms with E-state index in [1.807, 2.05) is 16.7 Å². The molecule has 1 aromatic carbocycles. The summed E-state index contributed by atoms with van der Waals surface area (Å²) in [5, 5.41) is 0. The summed E-state index contributed by atoms with van der Waals surface area (Å²) in [4.78, 5) is 30.6. The second-order valence-electron chi connectivity index (χ2n) is 9.27. The molecule has 3 heterocycles. The highest BCUT2D eigenvalue weighted by Crippen LogP contribution is 2.47. The van der Waals surface area contributed by atoms with E-state index in [4.69, 9.17) is 4.74 Å². The van der Waals surface area contributed by atoms with Crippen LogP contribution < -0.4 is 4.90 Å². The molecule has 0 bridgehead atoms. The number of rotatable bonds is 3. The van der Waals surface area contributed by atoms with Crippen molar-refractivity contribution in [3.05, 3.63) is 29.6 Å². The van der Waals surface area contributed by atoms with Crippen molar-refractivity contribution in [2.75, 3.05) is 44.2 Å². The van der Waals surface area contributed by atoms with Gasteiger partial charge in [-0.15, -0.1) is 0 Å². The van der Waals surface area contributed by atoms with Crippen molar-refractivity contribution < 1.29 is 18.7 Å². The summed E-state index contributed by atoms with van der Waals surface area (Å²) in [6, 6.07) is 5.30. The number of carbonyl (C=O) groups is 2. The third kappa shape index (κ3) is 4.43. The number of piperidine rings is 1. The largest absolute Gasteiger partial charge is 0.449 e. The minimum atomic E-state index is -0.232. The summed E-state index contributed by atoms with van der Waals surface area (Å²) >= 11 is 0. The molecular formula is C24H34FN3O3. The number of hydrogen-bond acceptors (Lipinski definition) is 4. The van der Waals surface area contributed by atoms with Gasteiger partial charge in [-0.05, 0) is 75.4 Å². The summed E-state index contributed by atoms with van der Waals surface area (Å²) in [6.07, 6.45) is 5.52. The second kappa shape index (κ2) is 9.15. The van der Waals surface area contributed by atoms with E-state index in [9.17, 15) is 14.0 Å². The van der Waals surface area contributed by atoms with Crippen molar-refractivity contribution in [1.29, 1.82) is 0 Å². The number of ether oxygens (including phenoxy) is 1. The fraction of sp³-hybridized carbons (Fsp3) is 0.667. The minimum absolute atomic E-state index is 0.0194. The van der Waals surface area contributed by atoms with Gasteiger partial charge >= 0.3 is 6.09 Å². The predicted octanol–water partition coefficient (Wildman–Crippen LogP) is 3.93. The normalized spacial score (nSPS) is 23.5. The zero-order valence-corrected chi connectivity index (χ0v) is 18.7. The zero-order valence-electron chi connectivity index (χ0n) is 18.7. The van der Waals surface area contributed by atoms with Crippen LogP contribution >= 0.6 is 0 Å². The molecule has 31 heavy (non-hydrogen) atoms. The minimum Gasteiger partial charge on any atom is -0.449 e. The third-order valence-electron chi connectivity index (χ3n) is 7.32. The Morgan fingerprint density at radius 3 is 2.65 bits per heavy atom. The van der Waals surface area contributed by atoms with E-state index in [1.54, 1.807) is 19.1 Å². The molecule has 7 heteroatoms. The van der Waals surface area contributed by atoms with E-state index in [1.165, 1.54) is 6.07 Å². The molecule has 0 aromatic heterocycles. The van der Waals surface area contributed by atoms with Crippen LogP contribution in [0.2, 0.25) is 0 Å². The number of nitrogens with zero attached hydrogens (tertiary/aromatic N) is 3. The Kier molecular flexibility index (Phi) is 6.51. The Balaban J connectivity index is 1.40. The molecule has 2 fully saturated rings. The molecule has 4 rings (SSSR count). The Morgan fingerprint density at radius 1 is 1.16 bits per heavy atom. The van der Waals surface area contributed by atoms with Gasteiger partial charge in [-0.2, -0.15) is 0 Å². The fourth-order valence-electron chi connectivity index (χ4n) is 5.57. The van der Waals surface area contributed by atoms with Gasteiger partial charge in [-0.25, -0.2) is 9.18 Å². The maximum atomic E-state index is 14.1. The molecule has 1 aromatic rings. The molecule has 3 aliphatic rings. The van der Waals surface area contributed by atoms with Gasteiger partial charge in [0.05, 0.1) is 6.61 Å². The smallest absolute Gasteiger partial charge is 0.409 e.